The zero-order chi connectivity index (χ0) is 18.5. The van der Waals surface area contributed by atoms with Crippen LogP contribution in [-0.4, -0.2) is 56.8 Å². The molecule has 2 N–H and O–H groups in total. The van der Waals surface area contributed by atoms with Crippen LogP contribution in [0.4, 0.5) is 5.69 Å². The molecule has 0 aromatic carbocycles. The second kappa shape index (κ2) is 8.22. The van der Waals surface area contributed by atoms with Gasteiger partial charge < -0.3 is 15.0 Å². The van der Waals surface area contributed by atoms with Gasteiger partial charge in [-0.3, -0.25) is 9.78 Å². The molecule has 0 bridgehead atoms. The van der Waals surface area contributed by atoms with E-state index in [4.69, 9.17) is 4.74 Å². The van der Waals surface area contributed by atoms with Crippen molar-refractivity contribution >= 4 is 11.6 Å². The lowest BCUT2D eigenvalue weighted by molar-refractivity contribution is -0.00522. The minimum absolute atomic E-state index is 0.149. The smallest absolute Gasteiger partial charge is 0.270 e. The number of hydrogen-bond donors (Lipinski definition) is 2. The Morgan fingerprint density at radius 2 is 2.19 bits per heavy atom. The van der Waals surface area contributed by atoms with E-state index < -0.39 is 0 Å². The second-order valence-corrected chi connectivity index (χ2v) is 6.65. The van der Waals surface area contributed by atoms with E-state index in [1.807, 2.05) is 19.1 Å². The molecule has 1 fully saturated rings. The van der Waals surface area contributed by atoms with E-state index in [9.17, 15) is 4.79 Å². The maximum Gasteiger partial charge on any atom is 0.270 e. The van der Waals surface area contributed by atoms with Crippen LogP contribution in [0, 0.1) is 0 Å². The third-order valence-corrected chi connectivity index (χ3v) is 4.32. The molecule has 1 saturated heterocycles. The third-order valence-electron chi connectivity index (χ3n) is 4.32. The molecule has 2 aromatic heterocycles. The number of tetrazole rings is 1. The Kier molecular flexibility index (Phi) is 5.77. The second-order valence-electron chi connectivity index (χ2n) is 6.65. The number of carbonyl (C=O) groups excluding carboxylic acids is 1. The molecule has 3 rings (SSSR count). The highest BCUT2D eigenvalue weighted by Crippen LogP contribution is 2.21. The number of H-pyrrole nitrogens is 1. The van der Waals surface area contributed by atoms with Gasteiger partial charge in [0.15, 0.2) is 5.82 Å². The molecule has 1 aliphatic heterocycles. The summed E-state index contributed by atoms with van der Waals surface area (Å²) >= 11 is 0. The summed E-state index contributed by atoms with van der Waals surface area (Å²) in [7, 11) is 0. The quantitative estimate of drug-likeness (QED) is 0.804. The number of hydrogen-bond acceptors (Lipinski definition) is 7. The Labute approximate surface area is 152 Å². The fraction of sp³-hybridized carbons (Fsp3) is 0.588. The molecule has 1 amide bonds. The maximum absolute atomic E-state index is 12.7. The summed E-state index contributed by atoms with van der Waals surface area (Å²) in [6.07, 6.45) is 3.57. The number of aromatic nitrogens is 5. The summed E-state index contributed by atoms with van der Waals surface area (Å²) < 4.78 is 5.78. The van der Waals surface area contributed by atoms with E-state index in [0.29, 0.717) is 11.5 Å². The Balaban J connectivity index is 1.73. The lowest BCUT2D eigenvalue weighted by atomic mass is 10.1. The first-order chi connectivity index (χ1) is 12.6. The zero-order valence-corrected chi connectivity index (χ0v) is 15.3. The number of pyridine rings is 1. The topological polar surface area (TPSA) is 109 Å². The van der Waals surface area contributed by atoms with Crippen LogP contribution in [0.3, 0.4) is 0 Å². The first kappa shape index (κ1) is 18.2. The average Bonchev–Trinajstić information content (AvgIpc) is 3.15. The van der Waals surface area contributed by atoms with Crippen LogP contribution in [0.15, 0.2) is 18.3 Å². The molecule has 1 aliphatic rings. The Morgan fingerprint density at radius 1 is 1.42 bits per heavy atom. The van der Waals surface area contributed by atoms with Crippen LogP contribution in [0.5, 0.6) is 0 Å². The van der Waals surface area contributed by atoms with Crippen LogP contribution in [0.1, 0.15) is 56.0 Å². The standard InChI is InChI=1S/C17H25N7O2/c1-4-5-14(16-20-22-23-21-16)19-17(25)15-8-13(6-7-18-15)24-9-11(2)26-12(3)10-24/h6-8,11-12,14H,4-5,9-10H2,1-3H3,(H,19,25)(H,20,21,22,23). The normalized spacial score (nSPS) is 21.4. The predicted molar refractivity (Wildman–Crippen MR) is 95.8 cm³/mol. The fourth-order valence-electron chi connectivity index (χ4n) is 3.23. The number of aromatic amines is 1. The Morgan fingerprint density at radius 3 is 2.85 bits per heavy atom. The molecule has 0 aliphatic carbocycles. The van der Waals surface area contributed by atoms with Crippen molar-refractivity contribution in [2.45, 2.75) is 51.9 Å². The van der Waals surface area contributed by atoms with E-state index in [1.165, 1.54) is 0 Å². The summed E-state index contributed by atoms with van der Waals surface area (Å²) in [5.41, 5.74) is 1.35. The van der Waals surface area contributed by atoms with Crippen molar-refractivity contribution in [2.24, 2.45) is 0 Å². The highest BCUT2D eigenvalue weighted by atomic mass is 16.5. The molecule has 3 atom stereocenters. The number of anilines is 1. The Bertz CT molecular complexity index is 712. The lowest BCUT2D eigenvalue weighted by Crippen LogP contribution is -2.45. The number of ether oxygens (including phenoxy) is 1. The van der Waals surface area contributed by atoms with E-state index in [2.05, 4.69) is 49.7 Å². The van der Waals surface area contributed by atoms with Crippen molar-refractivity contribution < 1.29 is 9.53 Å². The number of rotatable bonds is 6. The summed E-state index contributed by atoms with van der Waals surface area (Å²) in [6, 6.07) is 3.45. The summed E-state index contributed by atoms with van der Waals surface area (Å²) in [5, 5.41) is 16.9. The van der Waals surface area contributed by atoms with Crippen molar-refractivity contribution in [1.82, 2.24) is 30.9 Å². The van der Waals surface area contributed by atoms with Crippen molar-refractivity contribution in [3.63, 3.8) is 0 Å². The van der Waals surface area contributed by atoms with Crippen LogP contribution < -0.4 is 10.2 Å². The summed E-state index contributed by atoms with van der Waals surface area (Å²) in [5.74, 6) is 0.233. The van der Waals surface area contributed by atoms with Crippen LogP contribution >= 0.6 is 0 Å². The minimum atomic E-state index is -0.292. The maximum atomic E-state index is 12.7. The number of morpholine rings is 1. The van der Waals surface area contributed by atoms with E-state index >= 15 is 0 Å². The van der Waals surface area contributed by atoms with Gasteiger partial charge in [-0.1, -0.05) is 18.6 Å². The van der Waals surface area contributed by atoms with Gasteiger partial charge in [-0.2, -0.15) is 5.21 Å². The largest absolute Gasteiger partial charge is 0.372 e. The molecule has 3 heterocycles. The van der Waals surface area contributed by atoms with Crippen LogP contribution in [0.25, 0.3) is 0 Å². The van der Waals surface area contributed by atoms with Gasteiger partial charge in [0.05, 0.1) is 18.2 Å². The number of nitrogens with one attached hydrogen (secondary N) is 2. The van der Waals surface area contributed by atoms with Crippen molar-refractivity contribution in [3.8, 4) is 0 Å². The number of nitrogens with zero attached hydrogens (tertiary/aromatic N) is 5. The molecule has 9 nitrogen and oxygen atoms in total. The van der Waals surface area contributed by atoms with Crippen LogP contribution in [-0.2, 0) is 4.74 Å². The van der Waals surface area contributed by atoms with Crippen molar-refractivity contribution in [2.75, 3.05) is 18.0 Å². The average molecular weight is 359 g/mol. The number of amides is 1. The first-order valence-corrected chi connectivity index (χ1v) is 8.97. The highest BCUT2D eigenvalue weighted by molar-refractivity contribution is 5.93. The molecule has 0 saturated carbocycles. The Hall–Kier alpha value is -2.55. The van der Waals surface area contributed by atoms with Crippen molar-refractivity contribution in [1.29, 1.82) is 0 Å². The summed E-state index contributed by atoms with van der Waals surface area (Å²) in [6.45, 7) is 7.72. The summed E-state index contributed by atoms with van der Waals surface area (Å²) in [4.78, 5) is 19.1. The van der Waals surface area contributed by atoms with Gasteiger partial charge in [-0.05, 0) is 32.4 Å². The molecule has 9 heteroatoms. The molecule has 3 unspecified atom stereocenters. The minimum Gasteiger partial charge on any atom is -0.372 e. The van der Waals surface area contributed by atoms with Gasteiger partial charge in [0, 0.05) is 25.0 Å². The van der Waals surface area contributed by atoms with Gasteiger partial charge >= 0.3 is 0 Å². The molecule has 0 spiro atoms. The zero-order valence-electron chi connectivity index (χ0n) is 15.3. The highest BCUT2D eigenvalue weighted by Gasteiger charge is 2.24. The van der Waals surface area contributed by atoms with Gasteiger partial charge in [0.2, 0.25) is 0 Å². The predicted octanol–water partition coefficient (Wildman–Crippen LogP) is 1.48. The molecular formula is C17H25N7O2. The van der Waals surface area contributed by atoms with Gasteiger partial charge in [0.1, 0.15) is 5.69 Å². The molecule has 140 valence electrons. The molecule has 0 radical (unpaired) electrons. The monoisotopic (exact) mass is 359 g/mol. The molecule has 2 aromatic rings. The van der Waals surface area contributed by atoms with E-state index in [-0.39, 0.29) is 24.2 Å². The van der Waals surface area contributed by atoms with E-state index in [0.717, 1.165) is 31.6 Å². The van der Waals surface area contributed by atoms with E-state index in [1.54, 1.807) is 6.20 Å². The molecular weight excluding hydrogens is 334 g/mol. The number of carbonyl (C=O) groups is 1. The van der Waals surface area contributed by atoms with Gasteiger partial charge in [-0.25, -0.2) is 0 Å². The molecule has 26 heavy (non-hydrogen) atoms. The lowest BCUT2D eigenvalue weighted by Gasteiger charge is -2.36. The van der Waals surface area contributed by atoms with Gasteiger partial charge in [-0.15, -0.1) is 10.2 Å². The van der Waals surface area contributed by atoms with Crippen molar-refractivity contribution in [3.05, 3.63) is 29.8 Å². The third kappa shape index (κ3) is 4.34. The van der Waals surface area contributed by atoms with Gasteiger partial charge in [0.25, 0.3) is 5.91 Å². The van der Waals surface area contributed by atoms with Crippen LogP contribution in [0.2, 0.25) is 0 Å². The first-order valence-electron chi connectivity index (χ1n) is 8.97. The SMILES string of the molecule is CCCC(NC(=O)c1cc(N2CC(C)OC(C)C2)ccn1)c1nn[nH]n1. The fourth-order valence-corrected chi connectivity index (χ4v) is 3.23.